The van der Waals surface area contributed by atoms with Gasteiger partial charge in [-0.2, -0.15) is 0 Å². The van der Waals surface area contributed by atoms with Crippen molar-refractivity contribution < 1.29 is 4.79 Å². The molecule has 5 heteroatoms. The smallest absolute Gasteiger partial charge is 0.255 e. The van der Waals surface area contributed by atoms with Crippen LogP contribution in [-0.4, -0.2) is 15.9 Å². The highest BCUT2D eigenvalue weighted by atomic mass is 16.1. The number of hydrogen-bond acceptors (Lipinski definition) is 4. The number of carbonyl (C=O) groups is 1. The van der Waals surface area contributed by atoms with E-state index in [2.05, 4.69) is 32.7 Å². The van der Waals surface area contributed by atoms with Crippen LogP contribution in [0, 0.1) is 20.8 Å². The Labute approximate surface area is 182 Å². The molecule has 154 valence electrons. The van der Waals surface area contributed by atoms with Crippen molar-refractivity contribution in [3.63, 3.8) is 0 Å². The first-order chi connectivity index (χ1) is 15.0. The van der Waals surface area contributed by atoms with Crippen LogP contribution in [0.4, 0.5) is 17.2 Å². The second kappa shape index (κ2) is 8.79. The lowest BCUT2D eigenvalue weighted by molar-refractivity contribution is 0.102. The van der Waals surface area contributed by atoms with Gasteiger partial charge in [0.2, 0.25) is 0 Å². The number of nitrogens with zero attached hydrogens (tertiary/aromatic N) is 2. The van der Waals surface area contributed by atoms with Gasteiger partial charge in [0.1, 0.15) is 5.82 Å². The molecule has 0 fully saturated rings. The van der Waals surface area contributed by atoms with Gasteiger partial charge in [-0.1, -0.05) is 35.9 Å². The minimum atomic E-state index is -0.156. The van der Waals surface area contributed by atoms with Gasteiger partial charge in [0.05, 0.1) is 0 Å². The third kappa shape index (κ3) is 5.14. The van der Waals surface area contributed by atoms with Gasteiger partial charge < -0.3 is 10.6 Å². The average molecular weight is 409 g/mol. The molecule has 0 saturated carbocycles. The summed E-state index contributed by atoms with van der Waals surface area (Å²) in [7, 11) is 0. The molecule has 2 N–H and O–H groups in total. The lowest BCUT2D eigenvalue weighted by atomic mass is 10.1. The molecule has 0 unspecified atom stereocenters. The van der Waals surface area contributed by atoms with E-state index in [1.54, 1.807) is 12.3 Å². The number of carbonyl (C=O) groups excluding carboxylic acids is 1. The average Bonchev–Trinajstić information content (AvgIpc) is 2.73. The van der Waals surface area contributed by atoms with E-state index < -0.39 is 0 Å². The Balaban J connectivity index is 1.52. The molecule has 31 heavy (non-hydrogen) atoms. The minimum absolute atomic E-state index is 0.156. The number of aryl methyl sites for hydroxylation is 3. The van der Waals surface area contributed by atoms with Gasteiger partial charge in [0, 0.05) is 28.7 Å². The SMILES string of the molecule is Cc1cc(C)cc(NC(=O)c2cccc(Nc3ccnc(-c4cccc(C)c4)n3)c2)c1. The third-order valence-corrected chi connectivity index (χ3v) is 4.81. The van der Waals surface area contributed by atoms with E-state index in [9.17, 15) is 4.79 Å². The highest BCUT2D eigenvalue weighted by Gasteiger charge is 2.09. The van der Waals surface area contributed by atoms with Crippen molar-refractivity contribution in [3.8, 4) is 11.4 Å². The molecule has 1 heterocycles. The molecule has 1 aromatic heterocycles. The summed E-state index contributed by atoms with van der Waals surface area (Å²) in [5.41, 5.74) is 6.48. The quantitative estimate of drug-likeness (QED) is 0.421. The van der Waals surface area contributed by atoms with Gasteiger partial charge >= 0.3 is 0 Å². The number of benzene rings is 3. The fraction of sp³-hybridized carbons (Fsp3) is 0.115. The fourth-order valence-corrected chi connectivity index (χ4v) is 3.49. The van der Waals surface area contributed by atoms with Gasteiger partial charge in [0.25, 0.3) is 5.91 Å². The van der Waals surface area contributed by atoms with Crippen molar-refractivity contribution in [1.29, 1.82) is 0 Å². The zero-order chi connectivity index (χ0) is 21.8. The van der Waals surface area contributed by atoms with E-state index in [0.717, 1.165) is 33.6 Å². The molecule has 0 atom stereocenters. The van der Waals surface area contributed by atoms with Crippen molar-refractivity contribution in [3.05, 3.63) is 101 Å². The Kier molecular flexibility index (Phi) is 5.76. The van der Waals surface area contributed by atoms with Gasteiger partial charge in [-0.05, 0) is 74.4 Å². The van der Waals surface area contributed by atoms with E-state index in [1.807, 2.05) is 75.4 Å². The number of amides is 1. The molecular formula is C26H24N4O. The van der Waals surface area contributed by atoms with Crippen LogP contribution in [0.25, 0.3) is 11.4 Å². The molecule has 0 spiro atoms. The third-order valence-electron chi connectivity index (χ3n) is 4.81. The predicted octanol–water partition coefficient (Wildman–Crippen LogP) is 6.06. The van der Waals surface area contributed by atoms with Gasteiger partial charge in [-0.3, -0.25) is 4.79 Å². The molecule has 0 aliphatic heterocycles. The van der Waals surface area contributed by atoms with E-state index in [4.69, 9.17) is 0 Å². The topological polar surface area (TPSA) is 66.9 Å². The molecule has 0 radical (unpaired) electrons. The summed E-state index contributed by atoms with van der Waals surface area (Å²) in [6.07, 6.45) is 1.73. The maximum Gasteiger partial charge on any atom is 0.255 e. The van der Waals surface area contributed by atoms with Crippen LogP contribution in [0.5, 0.6) is 0 Å². The minimum Gasteiger partial charge on any atom is -0.340 e. The summed E-state index contributed by atoms with van der Waals surface area (Å²) >= 11 is 0. The van der Waals surface area contributed by atoms with Crippen LogP contribution >= 0.6 is 0 Å². The zero-order valence-corrected chi connectivity index (χ0v) is 17.8. The van der Waals surface area contributed by atoms with Gasteiger partial charge in [-0.25, -0.2) is 9.97 Å². The number of hydrogen-bond donors (Lipinski definition) is 2. The Morgan fingerprint density at radius 1 is 0.774 bits per heavy atom. The van der Waals surface area contributed by atoms with Crippen molar-refractivity contribution >= 4 is 23.1 Å². The van der Waals surface area contributed by atoms with E-state index in [0.29, 0.717) is 17.2 Å². The molecule has 4 rings (SSSR count). The Morgan fingerprint density at radius 2 is 1.55 bits per heavy atom. The molecule has 0 aliphatic carbocycles. The summed E-state index contributed by atoms with van der Waals surface area (Å²) in [6.45, 7) is 6.07. The highest BCUT2D eigenvalue weighted by Crippen LogP contribution is 2.21. The van der Waals surface area contributed by atoms with Crippen LogP contribution in [0.15, 0.2) is 79.0 Å². The van der Waals surface area contributed by atoms with E-state index >= 15 is 0 Å². The second-order valence-electron chi connectivity index (χ2n) is 7.67. The fourth-order valence-electron chi connectivity index (χ4n) is 3.49. The first-order valence-electron chi connectivity index (χ1n) is 10.1. The van der Waals surface area contributed by atoms with Crippen LogP contribution in [0.2, 0.25) is 0 Å². The number of aromatic nitrogens is 2. The van der Waals surface area contributed by atoms with Crippen LogP contribution < -0.4 is 10.6 Å². The van der Waals surface area contributed by atoms with Crippen LogP contribution in [0.3, 0.4) is 0 Å². The number of anilines is 3. The zero-order valence-electron chi connectivity index (χ0n) is 17.8. The Bertz CT molecular complexity index is 1230. The maximum atomic E-state index is 12.7. The molecule has 4 aromatic rings. The lowest BCUT2D eigenvalue weighted by Gasteiger charge is -2.10. The highest BCUT2D eigenvalue weighted by molar-refractivity contribution is 6.05. The predicted molar refractivity (Wildman–Crippen MR) is 126 cm³/mol. The molecule has 5 nitrogen and oxygen atoms in total. The number of nitrogens with one attached hydrogen (secondary N) is 2. The molecule has 0 bridgehead atoms. The van der Waals surface area contributed by atoms with E-state index in [-0.39, 0.29) is 5.91 Å². The lowest BCUT2D eigenvalue weighted by Crippen LogP contribution is -2.12. The summed E-state index contributed by atoms with van der Waals surface area (Å²) < 4.78 is 0. The summed E-state index contributed by atoms with van der Waals surface area (Å²) in [5.74, 6) is 1.16. The summed E-state index contributed by atoms with van der Waals surface area (Å²) in [4.78, 5) is 21.8. The molecular weight excluding hydrogens is 384 g/mol. The first kappa shape index (κ1) is 20.3. The van der Waals surface area contributed by atoms with Crippen molar-refractivity contribution in [2.75, 3.05) is 10.6 Å². The summed E-state index contributed by atoms with van der Waals surface area (Å²) in [6, 6.07) is 23.2. The van der Waals surface area contributed by atoms with Crippen molar-refractivity contribution in [1.82, 2.24) is 9.97 Å². The normalized spacial score (nSPS) is 10.5. The molecule has 0 aliphatic rings. The first-order valence-corrected chi connectivity index (χ1v) is 10.1. The standard InChI is InChI=1S/C26H24N4O/c1-17-6-4-7-20(13-17)25-27-11-10-24(30-25)28-22-9-5-8-21(16-22)26(31)29-23-14-18(2)12-19(3)15-23/h4-16H,1-3H3,(H,29,31)(H,27,28,30). The monoisotopic (exact) mass is 408 g/mol. The summed E-state index contributed by atoms with van der Waals surface area (Å²) in [5, 5.41) is 6.25. The Morgan fingerprint density at radius 3 is 2.32 bits per heavy atom. The largest absolute Gasteiger partial charge is 0.340 e. The van der Waals surface area contributed by atoms with Crippen LogP contribution in [0.1, 0.15) is 27.0 Å². The molecule has 1 amide bonds. The molecule has 0 saturated heterocycles. The van der Waals surface area contributed by atoms with Crippen LogP contribution in [-0.2, 0) is 0 Å². The molecule has 3 aromatic carbocycles. The second-order valence-corrected chi connectivity index (χ2v) is 7.67. The van der Waals surface area contributed by atoms with Crippen molar-refractivity contribution in [2.24, 2.45) is 0 Å². The van der Waals surface area contributed by atoms with Crippen molar-refractivity contribution in [2.45, 2.75) is 20.8 Å². The van der Waals surface area contributed by atoms with Gasteiger partial charge in [0.15, 0.2) is 5.82 Å². The van der Waals surface area contributed by atoms with Gasteiger partial charge in [-0.15, -0.1) is 0 Å². The number of rotatable bonds is 5. The maximum absolute atomic E-state index is 12.7. The van der Waals surface area contributed by atoms with E-state index in [1.165, 1.54) is 0 Å². The Hall–Kier alpha value is -3.99.